The average Bonchev–Trinajstić information content (AvgIpc) is 2.67. The molecule has 0 bridgehead atoms. The van der Waals surface area contributed by atoms with Crippen molar-refractivity contribution in [1.82, 2.24) is 0 Å². The summed E-state index contributed by atoms with van der Waals surface area (Å²) in [6.07, 6.45) is 1.80. The molecule has 0 aliphatic heterocycles. The van der Waals surface area contributed by atoms with Gasteiger partial charge < -0.3 is 4.74 Å². The maximum absolute atomic E-state index is 13.0. The van der Waals surface area contributed by atoms with Crippen molar-refractivity contribution >= 4 is 45.8 Å². The third-order valence-corrected chi connectivity index (χ3v) is 5.03. The highest BCUT2D eigenvalue weighted by atomic mass is 127. The molecule has 0 fully saturated rings. The van der Waals surface area contributed by atoms with Gasteiger partial charge in [-0.1, -0.05) is 48.0 Å². The molecule has 3 rings (SSSR count). The van der Waals surface area contributed by atoms with E-state index in [-0.39, 0.29) is 5.82 Å². The van der Waals surface area contributed by atoms with Gasteiger partial charge in [0.15, 0.2) is 0 Å². The highest BCUT2D eigenvalue weighted by molar-refractivity contribution is 14.1. The molecule has 0 aliphatic carbocycles. The third-order valence-electron chi connectivity index (χ3n) is 3.86. The normalized spacial score (nSPS) is 11.1. The van der Waals surface area contributed by atoms with E-state index in [0.717, 1.165) is 20.4 Å². The van der Waals surface area contributed by atoms with Crippen LogP contribution in [0.1, 0.15) is 16.7 Å². The Balaban J connectivity index is 1.78. The summed E-state index contributed by atoms with van der Waals surface area (Å²) in [6, 6.07) is 21.4. The van der Waals surface area contributed by atoms with Crippen LogP contribution in [0.4, 0.5) is 4.39 Å². The fourth-order valence-corrected chi connectivity index (χ4v) is 3.41. The van der Waals surface area contributed by atoms with Crippen LogP contribution in [0.15, 0.2) is 66.7 Å². The molecule has 0 saturated carbocycles. The Morgan fingerprint density at radius 1 is 1.11 bits per heavy atom. The van der Waals surface area contributed by atoms with Crippen LogP contribution in [0.3, 0.4) is 0 Å². The predicted octanol–water partition coefficient (Wildman–Crippen LogP) is 6.73. The van der Waals surface area contributed by atoms with E-state index in [1.807, 2.05) is 36.4 Å². The van der Waals surface area contributed by atoms with E-state index in [1.54, 1.807) is 24.3 Å². The number of nitriles is 1. The van der Waals surface area contributed by atoms with Crippen LogP contribution in [0.2, 0.25) is 5.02 Å². The van der Waals surface area contributed by atoms with Crippen molar-refractivity contribution in [3.63, 3.8) is 0 Å². The molecule has 27 heavy (non-hydrogen) atoms. The smallest absolute Gasteiger partial charge is 0.133 e. The highest BCUT2D eigenvalue weighted by Gasteiger charge is 2.07. The van der Waals surface area contributed by atoms with E-state index >= 15 is 0 Å². The standard InChI is InChI=1S/C22H14ClFINO/c23-20-4-2-1-3-19(20)17(13-26)11-16-7-10-22(21(25)12-16)27-14-15-5-8-18(24)9-6-15/h1-12H,14H2. The van der Waals surface area contributed by atoms with Crippen LogP contribution in [-0.2, 0) is 6.61 Å². The molecule has 5 heteroatoms. The Kier molecular flexibility index (Phi) is 6.49. The van der Waals surface area contributed by atoms with Gasteiger partial charge in [0.1, 0.15) is 18.2 Å². The quantitative estimate of drug-likeness (QED) is 0.226. The third kappa shape index (κ3) is 5.09. The Labute approximate surface area is 176 Å². The lowest BCUT2D eigenvalue weighted by atomic mass is 10.0. The van der Waals surface area contributed by atoms with Gasteiger partial charge >= 0.3 is 0 Å². The molecular weight excluding hydrogens is 476 g/mol. The van der Waals surface area contributed by atoms with E-state index in [0.29, 0.717) is 22.8 Å². The Morgan fingerprint density at radius 3 is 2.52 bits per heavy atom. The molecule has 0 aliphatic rings. The van der Waals surface area contributed by atoms with E-state index in [2.05, 4.69) is 28.7 Å². The minimum Gasteiger partial charge on any atom is -0.488 e. The topological polar surface area (TPSA) is 33.0 Å². The number of rotatable bonds is 5. The number of benzene rings is 3. The van der Waals surface area contributed by atoms with Gasteiger partial charge in [-0.25, -0.2) is 4.39 Å². The van der Waals surface area contributed by atoms with Crippen LogP contribution in [0, 0.1) is 20.7 Å². The molecule has 0 unspecified atom stereocenters. The maximum atomic E-state index is 13.0. The van der Waals surface area contributed by atoms with Gasteiger partial charge in [0.25, 0.3) is 0 Å². The largest absolute Gasteiger partial charge is 0.488 e. The zero-order chi connectivity index (χ0) is 19.2. The molecule has 2 nitrogen and oxygen atoms in total. The molecule has 0 atom stereocenters. The number of allylic oxidation sites excluding steroid dienone is 1. The number of ether oxygens (including phenoxy) is 1. The molecule has 3 aromatic carbocycles. The van der Waals surface area contributed by atoms with Crippen molar-refractivity contribution in [1.29, 1.82) is 5.26 Å². The summed E-state index contributed by atoms with van der Waals surface area (Å²) in [6.45, 7) is 0.356. The molecule has 0 saturated heterocycles. The van der Waals surface area contributed by atoms with Crippen LogP contribution in [0.5, 0.6) is 5.75 Å². The molecule has 0 heterocycles. The van der Waals surface area contributed by atoms with Crippen molar-refractivity contribution in [2.75, 3.05) is 0 Å². The molecule has 3 aromatic rings. The van der Waals surface area contributed by atoms with Gasteiger partial charge in [-0.3, -0.25) is 0 Å². The number of halogens is 3. The minimum absolute atomic E-state index is 0.267. The second kappa shape index (κ2) is 9.03. The molecule has 0 spiro atoms. The molecular formula is C22H14ClFINO. The first-order valence-electron chi connectivity index (χ1n) is 8.10. The first kappa shape index (κ1) is 19.4. The first-order valence-corrected chi connectivity index (χ1v) is 9.56. The fraction of sp³-hybridized carbons (Fsp3) is 0.0455. The molecule has 134 valence electrons. The first-order chi connectivity index (χ1) is 13.1. The highest BCUT2D eigenvalue weighted by Crippen LogP contribution is 2.28. The van der Waals surface area contributed by atoms with Crippen LogP contribution in [0.25, 0.3) is 11.6 Å². The lowest BCUT2D eigenvalue weighted by molar-refractivity contribution is 0.304. The summed E-state index contributed by atoms with van der Waals surface area (Å²) in [4.78, 5) is 0. The number of hydrogen-bond donors (Lipinski definition) is 0. The van der Waals surface area contributed by atoms with E-state index in [1.165, 1.54) is 12.1 Å². The number of nitrogens with zero attached hydrogens (tertiary/aromatic N) is 1. The van der Waals surface area contributed by atoms with Gasteiger partial charge in [-0.15, -0.1) is 0 Å². The summed E-state index contributed by atoms with van der Waals surface area (Å²) in [5, 5.41) is 10.0. The van der Waals surface area contributed by atoms with E-state index < -0.39 is 0 Å². The van der Waals surface area contributed by atoms with Crippen LogP contribution >= 0.6 is 34.2 Å². The van der Waals surface area contributed by atoms with E-state index in [4.69, 9.17) is 16.3 Å². The van der Waals surface area contributed by atoms with Crippen molar-refractivity contribution in [2.24, 2.45) is 0 Å². The summed E-state index contributed by atoms with van der Waals surface area (Å²) < 4.78 is 19.7. The monoisotopic (exact) mass is 489 g/mol. The Bertz CT molecular complexity index is 1030. The average molecular weight is 490 g/mol. The summed E-state index contributed by atoms with van der Waals surface area (Å²) in [5.74, 6) is 0.463. The van der Waals surface area contributed by atoms with Crippen molar-refractivity contribution in [3.8, 4) is 11.8 Å². The fourth-order valence-electron chi connectivity index (χ4n) is 2.48. The lowest BCUT2D eigenvalue weighted by Gasteiger charge is -2.09. The van der Waals surface area contributed by atoms with Crippen LogP contribution in [-0.4, -0.2) is 0 Å². The second-order valence-corrected chi connectivity index (χ2v) is 7.32. The van der Waals surface area contributed by atoms with Gasteiger partial charge in [-0.2, -0.15) is 5.26 Å². The van der Waals surface area contributed by atoms with Gasteiger partial charge in [0.05, 0.1) is 15.2 Å². The summed E-state index contributed by atoms with van der Waals surface area (Å²) >= 11 is 8.38. The maximum Gasteiger partial charge on any atom is 0.133 e. The SMILES string of the molecule is N#CC(=Cc1ccc(OCc2ccc(F)cc2)c(I)c1)c1ccccc1Cl. The zero-order valence-electron chi connectivity index (χ0n) is 14.1. The van der Waals surface area contributed by atoms with E-state index in [9.17, 15) is 9.65 Å². The van der Waals surface area contributed by atoms with Crippen molar-refractivity contribution in [3.05, 3.63) is 97.8 Å². The Morgan fingerprint density at radius 2 is 1.85 bits per heavy atom. The van der Waals surface area contributed by atoms with Crippen LogP contribution < -0.4 is 4.74 Å². The molecule has 0 aromatic heterocycles. The molecule has 0 amide bonds. The minimum atomic E-state index is -0.267. The van der Waals surface area contributed by atoms with Gasteiger partial charge in [0.2, 0.25) is 0 Å². The lowest BCUT2D eigenvalue weighted by Crippen LogP contribution is -1.97. The molecule has 0 N–H and O–H groups in total. The number of hydrogen-bond acceptors (Lipinski definition) is 2. The van der Waals surface area contributed by atoms with Crippen molar-refractivity contribution < 1.29 is 9.13 Å². The molecule has 0 radical (unpaired) electrons. The van der Waals surface area contributed by atoms with Gasteiger partial charge in [0, 0.05) is 10.6 Å². The van der Waals surface area contributed by atoms with Crippen molar-refractivity contribution in [2.45, 2.75) is 6.61 Å². The second-order valence-electron chi connectivity index (χ2n) is 5.75. The van der Waals surface area contributed by atoms with Gasteiger partial charge in [-0.05, 0) is 70.1 Å². The predicted molar refractivity (Wildman–Crippen MR) is 115 cm³/mol. The summed E-state index contributed by atoms with van der Waals surface area (Å²) in [7, 11) is 0. The Hall–Kier alpha value is -2.36. The zero-order valence-corrected chi connectivity index (χ0v) is 17.0. The summed E-state index contributed by atoms with van der Waals surface area (Å²) in [5.41, 5.74) is 2.97.